The van der Waals surface area contributed by atoms with E-state index in [0.29, 0.717) is 22.4 Å². The molecule has 0 saturated carbocycles. The Morgan fingerprint density at radius 2 is 1.85 bits per heavy atom. The summed E-state index contributed by atoms with van der Waals surface area (Å²) in [6.07, 6.45) is 1.88. The summed E-state index contributed by atoms with van der Waals surface area (Å²) in [7, 11) is -3.85. The molecular weight excluding hydrogens is 488 g/mol. The van der Waals surface area contributed by atoms with Gasteiger partial charge in [-0.25, -0.2) is 22.2 Å². The van der Waals surface area contributed by atoms with E-state index in [1.54, 1.807) is 43.5 Å². The number of halogens is 3. The number of hydrogen-bond donors (Lipinski definition) is 3. The third kappa shape index (κ3) is 4.85. The van der Waals surface area contributed by atoms with E-state index in [4.69, 9.17) is 11.6 Å². The first-order valence-electron chi connectivity index (χ1n) is 10.1. The summed E-state index contributed by atoms with van der Waals surface area (Å²) in [6.45, 7) is 1.64. The van der Waals surface area contributed by atoms with Crippen molar-refractivity contribution < 1.29 is 22.0 Å². The van der Waals surface area contributed by atoms with Crippen LogP contribution in [0.5, 0.6) is 0 Å². The molecule has 0 saturated heterocycles. The minimum Gasteiger partial charge on any atom is -0.306 e. The molecule has 2 aromatic carbocycles. The molecule has 8 nitrogen and oxygen atoms in total. The second-order valence-corrected chi connectivity index (χ2v) is 9.64. The van der Waals surface area contributed by atoms with Crippen molar-refractivity contribution in [3.8, 4) is 11.1 Å². The number of carbonyl (C=O) groups excluding carboxylic acids is 1. The first-order valence-corrected chi connectivity index (χ1v) is 12.1. The Morgan fingerprint density at radius 1 is 1.12 bits per heavy atom. The minimum absolute atomic E-state index is 0.0686. The number of sulfonamides is 1. The summed E-state index contributed by atoms with van der Waals surface area (Å²) in [6, 6.07) is 10.4. The predicted octanol–water partition coefficient (Wildman–Crippen LogP) is 4.96. The van der Waals surface area contributed by atoms with E-state index in [2.05, 4.69) is 20.5 Å². The molecule has 176 valence electrons. The Balaban J connectivity index is 1.66. The van der Waals surface area contributed by atoms with Gasteiger partial charge in [0.05, 0.1) is 16.8 Å². The van der Waals surface area contributed by atoms with E-state index < -0.39 is 38.8 Å². The molecule has 2 aromatic heterocycles. The quantitative estimate of drug-likeness (QED) is 0.328. The number of pyridine rings is 1. The summed E-state index contributed by atoms with van der Waals surface area (Å²) in [5.41, 5.74) is 0.310. The SMILES string of the molecule is CCCS(=O)(=O)Nc1ccc(F)c(C(=O)Nc2[nH]nc3ncc(-c4ccc(Cl)cc4)cc23)c1F. The smallest absolute Gasteiger partial charge is 0.262 e. The molecule has 0 spiro atoms. The van der Waals surface area contributed by atoms with Gasteiger partial charge in [0.15, 0.2) is 11.5 Å². The second-order valence-electron chi connectivity index (χ2n) is 7.36. The van der Waals surface area contributed by atoms with Gasteiger partial charge in [-0.15, -0.1) is 0 Å². The molecule has 12 heteroatoms. The van der Waals surface area contributed by atoms with Gasteiger partial charge in [0.1, 0.15) is 17.2 Å². The van der Waals surface area contributed by atoms with E-state index >= 15 is 0 Å². The first-order chi connectivity index (χ1) is 16.2. The van der Waals surface area contributed by atoms with Gasteiger partial charge in [-0.2, -0.15) is 5.10 Å². The zero-order valence-electron chi connectivity index (χ0n) is 17.7. The lowest BCUT2D eigenvalue weighted by Crippen LogP contribution is -2.20. The summed E-state index contributed by atoms with van der Waals surface area (Å²) >= 11 is 5.93. The van der Waals surface area contributed by atoms with Gasteiger partial charge >= 0.3 is 0 Å². The molecular formula is C22H18ClF2N5O3S. The number of aromatic nitrogens is 3. The van der Waals surface area contributed by atoms with E-state index in [1.165, 1.54) is 0 Å². The van der Waals surface area contributed by atoms with Crippen LogP contribution in [0.2, 0.25) is 5.02 Å². The molecule has 0 bridgehead atoms. The number of amides is 1. The van der Waals surface area contributed by atoms with Crippen LogP contribution in [-0.2, 0) is 10.0 Å². The molecule has 34 heavy (non-hydrogen) atoms. The van der Waals surface area contributed by atoms with Crippen LogP contribution in [0.15, 0.2) is 48.7 Å². The standard InChI is InChI=1S/C22H18ClF2N5O3S/c1-2-9-34(32,33)30-17-8-7-16(24)18(19(17)25)22(31)27-21-15-10-13(11-26-20(15)28-29-21)12-3-5-14(23)6-4-12/h3-8,10-11,30H,2,9H2,1H3,(H2,26,27,28,29,31). The van der Waals surface area contributed by atoms with Crippen molar-refractivity contribution in [3.63, 3.8) is 0 Å². The van der Waals surface area contributed by atoms with Gasteiger partial charge in [0.25, 0.3) is 5.91 Å². The number of nitrogens with zero attached hydrogens (tertiary/aromatic N) is 2. The van der Waals surface area contributed by atoms with Gasteiger partial charge in [0, 0.05) is 16.8 Å². The number of aromatic amines is 1. The fourth-order valence-corrected chi connectivity index (χ4v) is 4.56. The van der Waals surface area contributed by atoms with Crippen LogP contribution in [0.4, 0.5) is 20.3 Å². The van der Waals surface area contributed by atoms with E-state index in [1.807, 2.05) is 4.72 Å². The van der Waals surface area contributed by atoms with Crippen molar-refractivity contribution in [2.24, 2.45) is 0 Å². The van der Waals surface area contributed by atoms with Gasteiger partial charge < -0.3 is 5.32 Å². The summed E-state index contributed by atoms with van der Waals surface area (Å²) in [4.78, 5) is 17.0. The molecule has 1 amide bonds. The summed E-state index contributed by atoms with van der Waals surface area (Å²) in [5.74, 6) is -3.81. The average molecular weight is 506 g/mol. The van der Waals surface area contributed by atoms with Crippen LogP contribution in [0, 0.1) is 11.6 Å². The van der Waals surface area contributed by atoms with Crippen molar-refractivity contribution in [1.29, 1.82) is 0 Å². The van der Waals surface area contributed by atoms with E-state index in [9.17, 15) is 22.0 Å². The zero-order chi connectivity index (χ0) is 24.5. The highest BCUT2D eigenvalue weighted by atomic mass is 35.5. The van der Waals surface area contributed by atoms with Gasteiger partial charge in [0.2, 0.25) is 10.0 Å². The Morgan fingerprint density at radius 3 is 2.56 bits per heavy atom. The lowest BCUT2D eigenvalue weighted by molar-refractivity contribution is 0.101. The van der Waals surface area contributed by atoms with E-state index in [0.717, 1.165) is 17.7 Å². The van der Waals surface area contributed by atoms with Crippen LogP contribution < -0.4 is 10.0 Å². The van der Waals surface area contributed by atoms with Crippen molar-refractivity contribution in [2.45, 2.75) is 13.3 Å². The van der Waals surface area contributed by atoms with Gasteiger partial charge in [-0.1, -0.05) is 30.7 Å². The molecule has 0 aliphatic rings. The average Bonchev–Trinajstić information content (AvgIpc) is 3.18. The van der Waals surface area contributed by atoms with Crippen molar-refractivity contribution in [1.82, 2.24) is 15.2 Å². The maximum Gasteiger partial charge on any atom is 0.262 e. The van der Waals surface area contributed by atoms with Gasteiger partial charge in [-0.3, -0.25) is 14.6 Å². The maximum atomic E-state index is 14.9. The van der Waals surface area contributed by atoms with Gasteiger partial charge in [-0.05, 0) is 42.3 Å². The third-order valence-corrected chi connectivity index (χ3v) is 6.61. The van der Waals surface area contributed by atoms with Crippen LogP contribution >= 0.6 is 11.6 Å². The van der Waals surface area contributed by atoms with E-state index in [-0.39, 0.29) is 17.2 Å². The van der Waals surface area contributed by atoms with Crippen molar-refractivity contribution in [2.75, 3.05) is 15.8 Å². The number of hydrogen-bond acceptors (Lipinski definition) is 5. The third-order valence-electron chi connectivity index (χ3n) is 4.88. The molecule has 0 radical (unpaired) electrons. The molecule has 0 aliphatic carbocycles. The fourth-order valence-electron chi connectivity index (χ4n) is 3.30. The number of anilines is 2. The first kappa shape index (κ1) is 23.6. The highest BCUT2D eigenvalue weighted by Crippen LogP contribution is 2.28. The topological polar surface area (TPSA) is 117 Å². The fraction of sp³-hybridized carbons (Fsp3) is 0.136. The monoisotopic (exact) mass is 505 g/mol. The number of rotatable bonds is 7. The number of benzene rings is 2. The van der Waals surface area contributed by atoms with Crippen LogP contribution in [0.3, 0.4) is 0 Å². The summed E-state index contributed by atoms with van der Waals surface area (Å²) < 4.78 is 55.4. The normalized spacial score (nSPS) is 11.5. The Labute approximate surface area is 198 Å². The lowest BCUT2D eigenvalue weighted by Gasteiger charge is -2.12. The molecule has 0 fully saturated rings. The van der Waals surface area contributed by atoms with Crippen LogP contribution in [0.25, 0.3) is 22.2 Å². The Bertz CT molecular complexity index is 1490. The molecule has 4 rings (SSSR count). The summed E-state index contributed by atoms with van der Waals surface area (Å²) in [5, 5.41) is 9.94. The van der Waals surface area contributed by atoms with Crippen LogP contribution in [0.1, 0.15) is 23.7 Å². The number of carbonyl (C=O) groups is 1. The molecule has 0 aliphatic heterocycles. The molecule has 2 heterocycles. The largest absolute Gasteiger partial charge is 0.306 e. The number of nitrogens with one attached hydrogen (secondary N) is 3. The van der Waals surface area contributed by atoms with Crippen molar-refractivity contribution >= 4 is 50.1 Å². The molecule has 0 atom stereocenters. The maximum absolute atomic E-state index is 14.9. The molecule has 3 N–H and O–H groups in total. The van der Waals surface area contributed by atoms with Crippen molar-refractivity contribution in [3.05, 3.63) is 70.9 Å². The zero-order valence-corrected chi connectivity index (χ0v) is 19.3. The molecule has 4 aromatic rings. The minimum atomic E-state index is -3.85. The number of H-pyrrole nitrogens is 1. The highest BCUT2D eigenvalue weighted by Gasteiger charge is 2.24. The second kappa shape index (κ2) is 9.35. The lowest BCUT2D eigenvalue weighted by atomic mass is 10.1. The molecule has 0 unspecified atom stereocenters. The predicted molar refractivity (Wildman–Crippen MR) is 126 cm³/mol. The highest BCUT2D eigenvalue weighted by molar-refractivity contribution is 7.92. The van der Waals surface area contributed by atoms with Crippen LogP contribution in [-0.4, -0.2) is 35.3 Å². The Kier molecular flexibility index (Phi) is 6.49. The number of fused-ring (bicyclic) bond motifs is 1. The Hall–Kier alpha value is -3.57.